The highest BCUT2D eigenvalue weighted by molar-refractivity contribution is 7.09. The lowest BCUT2D eigenvalue weighted by atomic mass is 10.1. The summed E-state index contributed by atoms with van der Waals surface area (Å²) < 4.78 is 31.6. The van der Waals surface area contributed by atoms with Crippen molar-refractivity contribution in [2.24, 2.45) is 0 Å². The summed E-state index contributed by atoms with van der Waals surface area (Å²) in [6.45, 7) is 0.452. The summed E-state index contributed by atoms with van der Waals surface area (Å²) in [5.74, 6) is -1.46. The van der Waals surface area contributed by atoms with E-state index in [1.165, 1.54) is 12.1 Å². The van der Waals surface area contributed by atoms with Gasteiger partial charge in [0.25, 0.3) is 0 Å². The summed E-state index contributed by atoms with van der Waals surface area (Å²) in [5.41, 5.74) is 0.483. The summed E-state index contributed by atoms with van der Waals surface area (Å²) in [5, 5.41) is 8.45. The zero-order chi connectivity index (χ0) is 16.2. The van der Waals surface area contributed by atoms with Crippen molar-refractivity contribution in [1.29, 1.82) is 0 Å². The molecule has 7 heteroatoms. The number of hydrogen-bond donors (Lipinski definition) is 1. The first kappa shape index (κ1) is 15.4. The van der Waals surface area contributed by atoms with E-state index in [0.717, 1.165) is 17.0 Å². The van der Waals surface area contributed by atoms with E-state index in [4.69, 9.17) is 4.52 Å². The molecule has 1 N–H and O–H groups in total. The minimum absolute atomic E-state index is 0.0255. The molecule has 0 unspecified atom stereocenters. The molecule has 2 aromatic heterocycles. The van der Waals surface area contributed by atoms with E-state index in [2.05, 4.69) is 10.5 Å². The number of aromatic nitrogens is 1. The molecular weight excluding hydrogens is 322 g/mol. The van der Waals surface area contributed by atoms with Crippen LogP contribution in [0.15, 0.2) is 46.3 Å². The van der Waals surface area contributed by atoms with Crippen LogP contribution in [-0.4, -0.2) is 11.1 Å². The van der Waals surface area contributed by atoms with E-state index in [0.29, 0.717) is 12.2 Å². The number of thiophene rings is 1. The number of halogens is 2. The van der Waals surface area contributed by atoms with E-state index in [9.17, 15) is 13.6 Å². The van der Waals surface area contributed by atoms with Gasteiger partial charge in [-0.05, 0) is 23.6 Å². The van der Waals surface area contributed by atoms with Crippen LogP contribution in [0.1, 0.15) is 10.6 Å². The van der Waals surface area contributed by atoms with E-state index in [-0.39, 0.29) is 23.7 Å². The molecule has 2 heterocycles. The van der Waals surface area contributed by atoms with Crippen molar-refractivity contribution in [3.63, 3.8) is 0 Å². The maximum Gasteiger partial charge on any atom is 0.226 e. The molecule has 118 valence electrons. The van der Waals surface area contributed by atoms with Crippen LogP contribution < -0.4 is 5.32 Å². The molecule has 0 spiro atoms. The van der Waals surface area contributed by atoms with Crippen molar-refractivity contribution in [3.8, 4) is 11.3 Å². The predicted molar refractivity (Wildman–Crippen MR) is 81.7 cm³/mol. The van der Waals surface area contributed by atoms with Gasteiger partial charge in [0.05, 0.1) is 24.2 Å². The molecule has 0 atom stereocenters. The molecule has 0 saturated heterocycles. The van der Waals surface area contributed by atoms with Crippen LogP contribution in [0.4, 0.5) is 8.78 Å². The van der Waals surface area contributed by atoms with Crippen molar-refractivity contribution in [1.82, 2.24) is 10.5 Å². The number of nitrogens with one attached hydrogen (secondary N) is 1. The van der Waals surface area contributed by atoms with Crippen molar-refractivity contribution >= 4 is 17.2 Å². The summed E-state index contributed by atoms with van der Waals surface area (Å²) in [7, 11) is 0. The first-order chi connectivity index (χ1) is 11.1. The van der Waals surface area contributed by atoms with E-state index < -0.39 is 11.6 Å². The maximum absolute atomic E-state index is 13.7. The predicted octanol–water partition coefficient (Wildman–Crippen LogP) is 3.54. The minimum Gasteiger partial charge on any atom is -0.356 e. The van der Waals surface area contributed by atoms with Gasteiger partial charge >= 0.3 is 0 Å². The molecule has 1 aromatic carbocycles. The third kappa shape index (κ3) is 3.81. The third-order valence-electron chi connectivity index (χ3n) is 3.14. The Balaban J connectivity index is 1.63. The second-order valence-electron chi connectivity index (χ2n) is 4.84. The largest absolute Gasteiger partial charge is 0.356 e. The van der Waals surface area contributed by atoms with Gasteiger partial charge in [-0.2, -0.15) is 0 Å². The number of nitrogens with zero attached hydrogens (tertiary/aromatic N) is 1. The highest BCUT2D eigenvalue weighted by atomic mass is 32.1. The van der Waals surface area contributed by atoms with Crippen LogP contribution in [0.5, 0.6) is 0 Å². The maximum atomic E-state index is 13.7. The van der Waals surface area contributed by atoms with Crippen molar-refractivity contribution in [3.05, 3.63) is 64.0 Å². The fraction of sp³-hybridized carbons (Fsp3) is 0.125. The molecule has 0 aliphatic heterocycles. The molecule has 0 aliphatic rings. The Labute approximate surface area is 134 Å². The lowest BCUT2D eigenvalue weighted by Gasteiger charge is -2.01. The Bertz CT molecular complexity index is 815. The smallest absolute Gasteiger partial charge is 0.226 e. The Morgan fingerprint density at radius 3 is 2.87 bits per heavy atom. The molecule has 0 saturated carbocycles. The lowest BCUT2D eigenvalue weighted by Crippen LogP contribution is -2.24. The van der Waals surface area contributed by atoms with Gasteiger partial charge in [-0.15, -0.1) is 11.3 Å². The summed E-state index contributed by atoms with van der Waals surface area (Å²) in [6.07, 6.45) is 0.0255. The normalized spacial score (nSPS) is 10.7. The molecule has 0 bridgehead atoms. The highest BCUT2D eigenvalue weighted by Crippen LogP contribution is 2.24. The zero-order valence-corrected chi connectivity index (χ0v) is 12.7. The average molecular weight is 334 g/mol. The van der Waals surface area contributed by atoms with Crippen LogP contribution in [0, 0.1) is 11.6 Å². The summed E-state index contributed by atoms with van der Waals surface area (Å²) >= 11 is 1.55. The second kappa shape index (κ2) is 6.70. The van der Waals surface area contributed by atoms with E-state index >= 15 is 0 Å². The summed E-state index contributed by atoms with van der Waals surface area (Å²) in [4.78, 5) is 12.9. The molecule has 3 rings (SSSR count). The Kier molecular flexibility index (Phi) is 4.47. The molecule has 23 heavy (non-hydrogen) atoms. The van der Waals surface area contributed by atoms with Gasteiger partial charge in [-0.3, -0.25) is 4.79 Å². The van der Waals surface area contributed by atoms with Gasteiger partial charge in [-0.25, -0.2) is 8.78 Å². The first-order valence-electron chi connectivity index (χ1n) is 6.82. The van der Waals surface area contributed by atoms with Gasteiger partial charge in [0.15, 0.2) is 5.76 Å². The number of benzene rings is 1. The fourth-order valence-corrected chi connectivity index (χ4v) is 2.68. The Hall–Kier alpha value is -2.54. The zero-order valence-electron chi connectivity index (χ0n) is 11.9. The first-order valence-corrected chi connectivity index (χ1v) is 7.70. The molecule has 1 amide bonds. The van der Waals surface area contributed by atoms with Gasteiger partial charge in [0, 0.05) is 17.0 Å². The van der Waals surface area contributed by atoms with Crippen molar-refractivity contribution < 1.29 is 18.1 Å². The molecular formula is C16H12F2N2O2S. The average Bonchev–Trinajstić information content (AvgIpc) is 3.17. The monoisotopic (exact) mass is 334 g/mol. The molecule has 0 aliphatic carbocycles. The fourth-order valence-electron chi connectivity index (χ4n) is 2.04. The Morgan fingerprint density at radius 1 is 1.26 bits per heavy atom. The number of carbonyl (C=O) groups is 1. The van der Waals surface area contributed by atoms with Crippen molar-refractivity contribution in [2.45, 2.75) is 13.0 Å². The second-order valence-corrected chi connectivity index (χ2v) is 5.87. The standard InChI is InChI=1S/C16H12F2N2O2S/c17-10-3-4-13(14(18)6-10)15-7-11(20-22-15)8-16(21)19-9-12-2-1-5-23-12/h1-7H,8-9H2,(H,19,21). The highest BCUT2D eigenvalue weighted by Gasteiger charge is 2.14. The van der Waals surface area contributed by atoms with Crippen LogP contribution in [0.3, 0.4) is 0 Å². The van der Waals surface area contributed by atoms with Gasteiger partial charge in [0.1, 0.15) is 11.6 Å². The number of amides is 1. The number of carbonyl (C=O) groups excluding carboxylic acids is 1. The van der Waals surface area contributed by atoms with Crippen LogP contribution in [-0.2, 0) is 17.8 Å². The SMILES string of the molecule is O=C(Cc1cc(-c2ccc(F)cc2F)on1)NCc1cccs1. The van der Waals surface area contributed by atoms with Crippen molar-refractivity contribution in [2.75, 3.05) is 0 Å². The quantitative estimate of drug-likeness (QED) is 0.776. The topological polar surface area (TPSA) is 55.1 Å². The lowest BCUT2D eigenvalue weighted by molar-refractivity contribution is -0.120. The minimum atomic E-state index is -0.741. The van der Waals surface area contributed by atoms with Crippen LogP contribution in [0.25, 0.3) is 11.3 Å². The Morgan fingerprint density at radius 2 is 2.13 bits per heavy atom. The number of hydrogen-bond acceptors (Lipinski definition) is 4. The van der Waals surface area contributed by atoms with Crippen LogP contribution >= 0.6 is 11.3 Å². The molecule has 4 nitrogen and oxygen atoms in total. The van der Waals surface area contributed by atoms with Gasteiger partial charge < -0.3 is 9.84 Å². The van der Waals surface area contributed by atoms with E-state index in [1.54, 1.807) is 11.3 Å². The molecule has 0 radical (unpaired) electrons. The van der Waals surface area contributed by atoms with Gasteiger partial charge in [0.2, 0.25) is 5.91 Å². The summed E-state index contributed by atoms with van der Waals surface area (Å²) in [6, 6.07) is 8.48. The molecule has 0 fully saturated rings. The third-order valence-corrected chi connectivity index (χ3v) is 4.01. The molecule has 3 aromatic rings. The van der Waals surface area contributed by atoms with Crippen LogP contribution in [0.2, 0.25) is 0 Å². The number of rotatable bonds is 5. The van der Waals surface area contributed by atoms with E-state index in [1.807, 2.05) is 17.5 Å². The van der Waals surface area contributed by atoms with Gasteiger partial charge in [-0.1, -0.05) is 11.2 Å².